The van der Waals surface area contributed by atoms with Gasteiger partial charge in [-0.15, -0.1) is 24.0 Å². The van der Waals surface area contributed by atoms with Gasteiger partial charge in [0.1, 0.15) is 0 Å². The largest absolute Gasteiger partial charge is 0.384 e. The maximum atomic E-state index is 5.26. The smallest absolute Gasteiger partial charge is 0.193 e. The van der Waals surface area contributed by atoms with E-state index in [1.165, 1.54) is 32.4 Å². The second-order valence-electron chi connectivity index (χ2n) is 6.25. The summed E-state index contributed by atoms with van der Waals surface area (Å²) in [4.78, 5) is 9.25. The molecule has 2 atom stereocenters. The summed E-state index contributed by atoms with van der Waals surface area (Å²) in [6.45, 7) is 6.52. The first-order valence-electron chi connectivity index (χ1n) is 7.86. The van der Waals surface area contributed by atoms with Crippen LogP contribution in [0.1, 0.15) is 19.3 Å². The molecule has 1 N–H and O–H groups in total. The number of hydrogen-bond acceptors (Lipinski definition) is 3. The van der Waals surface area contributed by atoms with Crippen LogP contribution in [0, 0.1) is 11.8 Å². The van der Waals surface area contributed by atoms with Crippen LogP contribution < -0.4 is 5.32 Å². The number of nitrogens with zero attached hydrogens (tertiary/aromatic N) is 3. The van der Waals surface area contributed by atoms with Crippen LogP contribution in [-0.2, 0) is 4.74 Å². The van der Waals surface area contributed by atoms with Crippen molar-refractivity contribution in [3.05, 3.63) is 0 Å². The molecule has 5 nitrogen and oxygen atoms in total. The SMILES string of the molecule is CN=C(NCC1CCCN(C)C1)N1CCC(COC)C1.I. The Hall–Kier alpha value is -0.0800. The van der Waals surface area contributed by atoms with E-state index >= 15 is 0 Å². The van der Waals surface area contributed by atoms with Crippen LogP contribution in [0.4, 0.5) is 0 Å². The van der Waals surface area contributed by atoms with Gasteiger partial charge >= 0.3 is 0 Å². The highest BCUT2D eigenvalue weighted by Crippen LogP contribution is 2.17. The second kappa shape index (κ2) is 9.84. The van der Waals surface area contributed by atoms with Crippen molar-refractivity contribution in [1.29, 1.82) is 0 Å². The Bertz CT molecular complexity index is 327. The third kappa shape index (κ3) is 5.90. The number of halogens is 1. The lowest BCUT2D eigenvalue weighted by atomic mass is 9.99. The van der Waals surface area contributed by atoms with Crippen molar-refractivity contribution in [2.24, 2.45) is 16.8 Å². The number of guanidine groups is 1. The summed E-state index contributed by atoms with van der Waals surface area (Å²) >= 11 is 0. The predicted molar refractivity (Wildman–Crippen MR) is 98.6 cm³/mol. The van der Waals surface area contributed by atoms with Crippen molar-refractivity contribution < 1.29 is 4.74 Å². The lowest BCUT2D eigenvalue weighted by molar-refractivity contribution is 0.157. The van der Waals surface area contributed by atoms with Crippen molar-refractivity contribution in [2.75, 3.05) is 60.5 Å². The number of likely N-dealkylation sites (tertiary alicyclic amines) is 2. The van der Waals surface area contributed by atoms with E-state index < -0.39 is 0 Å². The zero-order valence-electron chi connectivity index (χ0n) is 13.7. The number of hydrogen-bond donors (Lipinski definition) is 1. The molecule has 0 aromatic rings. The number of rotatable bonds is 4. The first kappa shape index (κ1) is 19.0. The highest BCUT2D eigenvalue weighted by molar-refractivity contribution is 14.0. The van der Waals surface area contributed by atoms with Gasteiger partial charge in [-0.2, -0.15) is 0 Å². The zero-order valence-corrected chi connectivity index (χ0v) is 16.0. The van der Waals surface area contributed by atoms with Gasteiger partial charge < -0.3 is 19.9 Å². The molecular formula is C15H31IN4O. The molecule has 2 heterocycles. The van der Waals surface area contributed by atoms with Crippen LogP contribution in [0.2, 0.25) is 0 Å². The van der Waals surface area contributed by atoms with Gasteiger partial charge in [0, 0.05) is 46.3 Å². The van der Waals surface area contributed by atoms with Crippen LogP contribution >= 0.6 is 24.0 Å². The standard InChI is InChI=1S/C15H30N4O.HI/c1-16-15(19-8-6-14(11-19)12-20-3)17-9-13-5-4-7-18(2)10-13;/h13-14H,4-12H2,1-3H3,(H,16,17);1H. The molecule has 0 saturated carbocycles. The third-order valence-electron chi connectivity index (χ3n) is 4.47. The van der Waals surface area contributed by atoms with Gasteiger partial charge in [0.2, 0.25) is 0 Å². The lowest BCUT2D eigenvalue weighted by Crippen LogP contribution is -2.45. The van der Waals surface area contributed by atoms with E-state index in [1.54, 1.807) is 7.11 Å². The van der Waals surface area contributed by atoms with Gasteiger partial charge in [0.05, 0.1) is 6.61 Å². The van der Waals surface area contributed by atoms with E-state index in [4.69, 9.17) is 4.74 Å². The fourth-order valence-corrected chi connectivity index (χ4v) is 3.40. The van der Waals surface area contributed by atoms with Crippen molar-refractivity contribution >= 4 is 29.9 Å². The molecule has 2 aliphatic heterocycles. The maximum Gasteiger partial charge on any atom is 0.193 e. The van der Waals surface area contributed by atoms with Gasteiger partial charge in [-0.05, 0) is 38.8 Å². The fourth-order valence-electron chi connectivity index (χ4n) is 3.40. The highest BCUT2D eigenvalue weighted by atomic mass is 127. The predicted octanol–water partition coefficient (Wildman–Crippen LogP) is 1.49. The Balaban J connectivity index is 0.00000220. The summed E-state index contributed by atoms with van der Waals surface area (Å²) in [6.07, 6.45) is 3.86. The van der Waals surface area contributed by atoms with Crippen LogP contribution in [0.5, 0.6) is 0 Å². The number of methoxy groups -OCH3 is 1. The van der Waals surface area contributed by atoms with E-state index in [9.17, 15) is 0 Å². The lowest BCUT2D eigenvalue weighted by Gasteiger charge is -2.31. The number of piperidine rings is 1. The minimum atomic E-state index is 0. The van der Waals surface area contributed by atoms with E-state index in [0.717, 1.165) is 38.1 Å². The molecule has 2 saturated heterocycles. The van der Waals surface area contributed by atoms with E-state index in [2.05, 4.69) is 27.2 Å². The van der Waals surface area contributed by atoms with E-state index in [1.807, 2.05) is 7.05 Å². The summed E-state index contributed by atoms with van der Waals surface area (Å²) in [6, 6.07) is 0. The Morgan fingerprint density at radius 1 is 1.24 bits per heavy atom. The van der Waals surface area contributed by atoms with Crippen LogP contribution in [0.3, 0.4) is 0 Å². The van der Waals surface area contributed by atoms with Crippen molar-refractivity contribution in [1.82, 2.24) is 15.1 Å². The molecule has 6 heteroatoms. The molecule has 0 amide bonds. The summed E-state index contributed by atoms with van der Waals surface area (Å²) in [5, 5.41) is 3.57. The molecule has 2 fully saturated rings. The number of nitrogens with one attached hydrogen (secondary N) is 1. The first-order valence-corrected chi connectivity index (χ1v) is 7.86. The summed E-state index contributed by atoms with van der Waals surface area (Å²) in [5.74, 6) is 2.47. The Kier molecular flexibility index (Phi) is 8.89. The van der Waals surface area contributed by atoms with Gasteiger partial charge in [-0.25, -0.2) is 0 Å². The molecule has 0 radical (unpaired) electrons. The molecule has 124 valence electrons. The average Bonchev–Trinajstić information content (AvgIpc) is 2.89. The summed E-state index contributed by atoms with van der Waals surface area (Å²) < 4.78 is 5.26. The molecule has 2 rings (SSSR count). The van der Waals surface area contributed by atoms with Gasteiger partial charge in [0.25, 0.3) is 0 Å². The van der Waals surface area contributed by atoms with E-state index in [0.29, 0.717) is 5.92 Å². The molecule has 0 aliphatic carbocycles. The fraction of sp³-hybridized carbons (Fsp3) is 0.933. The van der Waals surface area contributed by atoms with Crippen molar-refractivity contribution in [3.8, 4) is 0 Å². The first-order chi connectivity index (χ1) is 9.72. The number of ether oxygens (including phenoxy) is 1. The van der Waals surface area contributed by atoms with E-state index in [-0.39, 0.29) is 24.0 Å². The molecule has 0 spiro atoms. The molecule has 2 unspecified atom stereocenters. The average molecular weight is 410 g/mol. The van der Waals surface area contributed by atoms with Gasteiger partial charge in [-0.3, -0.25) is 4.99 Å². The third-order valence-corrected chi connectivity index (χ3v) is 4.47. The normalized spacial score (nSPS) is 27.6. The topological polar surface area (TPSA) is 40.1 Å². The molecule has 21 heavy (non-hydrogen) atoms. The molecule has 0 bridgehead atoms. The monoisotopic (exact) mass is 410 g/mol. The molecule has 0 aromatic carbocycles. The quantitative estimate of drug-likeness (QED) is 0.433. The van der Waals surface area contributed by atoms with Gasteiger partial charge in [-0.1, -0.05) is 0 Å². The molecule has 0 aromatic heterocycles. The second-order valence-corrected chi connectivity index (χ2v) is 6.25. The summed E-state index contributed by atoms with van der Waals surface area (Å²) in [5.41, 5.74) is 0. The molecule has 2 aliphatic rings. The highest BCUT2D eigenvalue weighted by Gasteiger charge is 2.25. The number of aliphatic imine (C=N–C) groups is 1. The van der Waals surface area contributed by atoms with Crippen LogP contribution in [0.15, 0.2) is 4.99 Å². The van der Waals surface area contributed by atoms with Crippen LogP contribution in [-0.4, -0.2) is 76.3 Å². The Morgan fingerprint density at radius 2 is 2.05 bits per heavy atom. The Morgan fingerprint density at radius 3 is 2.71 bits per heavy atom. The minimum absolute atomic E-state index is 0. The maximum absolute atomic E-state index is 5.26. The van der Waals surface area contributed by atoms with Gasteiger partial charge in [0.15, 0.2) is 5.96 Å². The molecular weight excluding hydrogens is 379 g/mol. The van der Waals surface area contributed by atoms with Crippen molar-refractivity contribution in [2.45, 2.75) is 19.3 Å². The van der Waals surface area contributed by atoms with Crippen molar-refractivity contribution in [3.63, 3.8) is 0 Å². The zero-order chi connectivity index (χ0) is 14.4. The summed E-state index contributed by atoms with van der Waals surface area (Å²) in [7, 11) is 5.89. The Labute approximate surface area is 146 Å². The minimum Gasteiger partial charge on any atom is -0.384 e. The van der Waals surface area contributed by atoms with Crippen LogP contribution in [0.25, 0.3) is 0 Å².